The highest BCUT2D eigenvalue weighted by molar-refractivity contribution is 7.89. The van der Waals surface area contributed by atoms with E-state index in [4.69, 9.17) is 11.6 Å². The van der Waals surface area contributed by atoms with Crippen LogP contribution in [0.15, 0.2) is 41.3 Å². The summed E-state index contributed by atoms with van der Waals surface area (Å²) in [6.45, 7) is 5.00. The van der Waals surface area contributed by atoms with Crippen molar-refractivity contribution in [3.05, 3.63) is 41.4 Å². The molecule has 134 valence electrons. The van der Waals surface area contributed by atoms with Crippen molar-refractivity contribution >= 4 is 32.4 Å². The molecule has 0 aromatic heterocycles. The van der Waals surface area contributed by atoms with Gasteiger partial charge >= 0.3 is 0 Å². The second-order valence-electron chi connectivity index (χ2n) is 6.69. The smallest absolute Gasteiger partial charge is 0.245 e. The first kappa shape index (κ1) is 17.2. The van der Waals surface area contributed by atoms with Crippen LogP contribution in [0, 0.1) is 0 Å². The monoisotopic (exact) mass is 379 g/mol. The molecular formula is C18H22ClN3O2S. The Kier molecular flexibility index (Phi) is 4.73. The lowest BCUT2D eigenvalue weighted by molar-refractivity contribution is 0.179. The summed E-state index contributed by atoms with van der Waals surface area (Å²) < 4.78 is 28.2. The van der Waals surface area contributed by atoms with Crippen LogP contribution in [0.3, 0.4) is 0 Å². The number of fused-ring (bicyclic) bond motifs is 1. The first-order valence-corrected chi connectivity index (χ1v) is 10.5. The topological polar surface area (TPSA) is 52.7 Å². The van der Waals surface area contributed by atoms with Crippen LogP contribution < -0.4 is 5.32 Å². The zero-order chi connectivity index (χ0) is 17.4. The van der Waals surface area contributed by atoms with E-state index in [1.165, 1.54) is 0 Å². The summed E-state index contributed by atoms with van der Waals surface area (Å²) in [7, 11) is -3.61. The zero-order valence-electron chi connectivity index (χ0n) is 14.0. The van der Waals surface area contributed by atoms with Crippen molar-refractivity contribution < 1.29 is 8.42 Å². The van der Waals surface area contributed by atoms with E-state index in [1.807, 2.05) is 30.3 Å². The van der Waals surface area contributed by atoms with E-state index in [0.29, 0.717) is 29.5 Å². The quantitative estimate of drug-likeness (QED) is 0.888. The molecule has 7 heteroatoms. The molecule has 0 aliphatic carbocycles. The zero-order valence-corrected chi connectivity index (χ0v) is 15.6. The fraction of sp³-hybridized carbons (Fsp3) is 0.444. The van der Waals surface area contributed by atoms with Gasteiger partial charge in [-0.15, -0.1) is 0 Å². The number of hydrogen-bond donors (Lipinski definition) is 1. The van der Waals surface area contributed by atoms with Crippen molar-refractivity contribution in [2.75, 3.05) is 39.3 Å². The van der Waals surface area contributed by atoms with Crippen LogP contribution >= 0.6 is 11.6 Å². The van der Waals surface area contributed by atoms with Crippen molar-refractivity contribution in [3.8, 4) is 0 Å². The van der Waals surface area contributed by atoms with Gasteiger partial charge < -0.3 is 5.32 Å². The first-order chi connectivity index (χ1) is 12.1. The third kappa shape index (κ3) is 3.17. The number of piperazine rings is 1. The van der Waals surface area contributed by atoms with Gasteiger partial charge in [0.1, 0.15) is 4.90 Å². The Balaban J connectivity index is 1.66. The standard InChI is InChI=1S/C18H22ClN3O2S/c19-17-6-5-14-3-1-2-4-16(14)18(17)25(23,24)22-10-7-15(13-22)21-11-8-20-9-12-21/h1-6,15,20H,7-13H2. The van der Waals surface area contributed by atoms with Gasteiger partial charge in [-0.05, 0) is 17.9 Å². The number of sulfonamides is 1. The molecule has 2 aliphatic rings. The van der Waals surface area contributed by atoms with Gasteiger partial charge in [0, 0.05) is 50.7 Å². The van der Waals surface area contributed by atoms with Gasteiger partial charge in [-0.25, -0.2) is 8.42 Å². The van der Waals surface area contributed by atoms with Crippen molar-refractivity contribution in [2.45, 2.75) is 17.4 Å². The molecule has 2 aliphatic heterocycles. The first-order valence-electron chi connectivity index (χ1n) is 8.69. The Bertz CT molecular complexity index is 881. The second kappa shape index (κ2) is 6.85. The summed E-state index contributed by atoms with van der Waals surface area (Å²) in [6.07, 6.45) is 0.877. The molecule has 4 rings (SSSR count). The molecule has 2 aromatic carbocycles. The van der Waals surface area contributed by atoms with Crippen LogP contribution in [0.2, 0.25) is 5.02 Å². The van der Waals surface area contributed by atoms with Crippen molar-refractivity contribution in [1.82, 2.24) is 14.5 Å². The van der Waals surface area contributed by atoms with Crippen LogP contribution in [0.4, 0.5) is 0 Å². The van der Waals surface area contributed by atoms with E-state index in [1.54, 1.807) is 10.4 Å². The van der Waals surface area contributed by atoms with Gasteiger partial charge in [0.05, 0.1) is 5.02 Å². The Hall–Kier alpha value is -1.18. The number of nitrogens with one attached hydrogen (secondary N) is 1. The third-order valence-electron chi connectivity index (χ3n) is 5.22. The number of nitrogens with zero attached hydrogens (tertiary/aromatic N) is 2. The highest BCUT2D eigenvalue weighted by Gasteiger charge is 2.37. The normalized spacial score (nSPS) is 23.3. The average molecular weight is 380 g/mol. The van der Waals surface area contributed by atoms with Gasteiger partial charge in [-0.2, -0.15) is 4.31 Å². The summed E-state index contributed by atoms with van der Waals surface area (Å²) in [4.78, 5) is 2.64. The predicted molar refractivity (Wildman–Crippen MR) is 101 cm³/mol. The van der Waals surface area contributed by atoms with Crippen LogP contribution in [-0.2, 0) is 10.0 Å². The minimum absolute atomic E-state index is 0.244. The lowest BCUT2D eigenvalue weighted by Gasteiger charge is -2.32. The Morgan fingerprint density at radius 3 is 2.60 bits per heavy atom. The lowest BCUT2D eigenvalue weighted by atomic mass is 10.1. The molecule has 0 radical (unpaired) electrons. The molecular weight excluding hydrogens is 358 g/mol. The highest BCUT2D eigenvalue weighted by Crippen LogP contribution is 2.34. The minimum Gasteiger partial charge on any atom is -0.314 e. The molecule has 0 bridgehead atoms. The molecule has 25 heavy (non-hydrogen) atoms. The van der Waals surface area contributed by atoms with Gasteiger partial charge in [-0.3, -0.25) is 4.90 Å². The Morgan fingerprint density at radius 1 is 1.04 bits per heavy atom. The van der Waals surface area contributed by atoms with Crippen LogP contribution in [-0.4, -0.2) is 62.9 Å². The lowest BCUT2D eigenvalue weighted by Crippen LogP contribution is -2.49. The van der Waals surface area contributed by atoms with Crippen molar-refractivity contribution in [1.29, 1.82) is 0 Å². The van der Waals surface area contributed by atoms with Crippen molar-refractivity contribution in [3.63, 3.8) is 0 Å². The van der Waals surface area contributed by atoms with E-state index in [0.717, 1.165) is 38.0 Å². The van der Waals surface area contributed by atoms with E-state index >= 15 is 0 Å². The third-order valence-corrected chi connectivity index (χ3v) is 7.62. The number of benzene rings is 2. The summed E-state index contributed by atoms with van der Waals surface area (Å²) >= 11 is 6.33. The van der Waals surface area contributed by atoms with Gasteiger partial charge in [0.25, 0.3) is 0 Å². The summed E-state index contributed by atoms with van der Waals surface area (Å²) in [5.41, 5.74) is 0. The molecule has 0 spiro atoms. The van der Waals surface area contributed by atoms with Crippen molar-refractivity contribution in [2.24, 2.45) is 0 Å². The van der Waals surface area contributed by atoms with Crippen LogP contribution in [0.1, 0.15) is 6.42 Å². The number of rotatable bonds is 3. The molecule has 2 aromatic rings. The Morgan fingerprint density at radius 2 is 1.80 bits per heavy atom. The van der Waals surface area contributed by atoms with Crippen LogP contribution in [0.25, 0.3) is 10.8 Å². The van der Waals surface area contributed by atoms with E-state index in [2.05, 4.69) is 10.2 Å². The average Bonchev–Trinajstić information content (AvgIpc) is 3.13. The maximum atomic E-state index is 13.3. The molecule has 2 heterocycles. The molecule has 0 amide bonds. The van der Waals surface area contributed by atoms with Gasteiger partial charge in [0.2, 0.25) is 10.0 Å². The van der Waals surface area contributed by atoms with E-state index in [-0.39, 0.29) is 4.90 Å². The molecule has 1 atom stereocenters. The molecule has 2 fully saturated rings. The maximum absolute atomic E-state index is 13.3. The molecule has 1 N–H and O–H groups in total. The van der Waals surface area contributed by atoms with Crippen LogP contribution in [0.5, 0.6) is 0 Å². The maximum Gasteiger partial charge on any atom is 0.245 e. The summed E-state index contributed by atoms with van der Waals surface area (Å²) in [5, 5.41) is 5.22. The number of hydrogen-bond acceptors (Lipinski definition) is 4. The largest absolute Gasteiger partial charge is 0.314 e. The van der Waals surface area contributed by atoms with Gasteiger partial charge in [-0.1, -0.05) is 41.9 Å². The molecule has 2 saturated heterocycles. The minimum atomic E-state index is -3.61. The summed E-state index contributed by atoms with van der Waals surface area (Å²) in [6, 6.07) is 11.3. The fourth-order valence-corrected chi connectivity index (χ4v) is 6.09. The van der Waals surface area contributed by atoms with Gasteiger partial charge in [0.15, 0.2) is 0 Å². The molecule has 1 unspecified atom stereocenters. The highest BCUT2D eigenvalue weighted by atomic mass is 35.5. The SMILES string of the molecule is O=S(=O)(c1c(Cl)ccc2ccccc12)N1CCC(N2CCNCC2)C1. The number of halogens is 1. The van der Waals surface area contributed by atoms with E-state index < -0.39 is 10.0 Å². The fourth-order valence-electron chi connectivity index (χ4n) is 3.88. The summed E-state index contributed by atoms with van der Waals surface area (Å²) in [5.74, 6) is 0. The predicted octanol–water partition coefficient (Wildman–Crippen LogP) is 2.16. The Labute approximate surface area is 153 Å². The molecule has 5 nitrogen and oxygen atoms in total. The molecule has 0 saturated carbocycles. The van der Waals surface area contributed by atoms with E-state index in [9.17, 15) is 8.42 Å². The second-order valence-corrected chi connectivity index (χ2v) is 8.97.